The van der Waals surface area contributed by atoms with E-state index in [1.54, 1.807) is 11.3 Å². The zero-order chi connectivity index (χ0) is 14.4. The molecule has 0 saturated heterocycles. The quantitative estimate of drug-likeness (QED) is 0.750. The number of rotatable bonds is 7. The van der Waals surface area contributed by atoms with Gasteiger partial charge in [0.1, 0.15) is 0 Å². The Morgan fingerprint density at radius 1 is 1.20 bits per heavy atom. The second-order valence-corrected chi connectivity index (χ2v) is 6.60. The van der Waals surface area contributed by atoms with E-state index in [1.165, 1.54) is 22.7 Å². The number of aryl methyl sites for hydroxylation is 1. The number of halogens is 1. The third-order valence-electron chi connectivity index (χ3n) is 3.18. The Morgan fingerprint density at radius 3 is 2.65 bits per heavy atom. The molecule has 2 nitrogen and oxygen atoms in total. The van der Waals surface area contributed by atoms with Crippen molar-refractivity contribution in [3.05, 3.63) is 39.2 Å². The van der Waals surface area contributed by atoms with Crippen LogP contribution in [0.1, 0.15) is 29.7 Å². The number of hydrogen-bond acceptors (Lipinski definition) is 3. The lowest BCUT2D eigenvalue weighted by Gasteiger charge is -2.01. The van der Waals surface area contributed by atoms with E-state index in [0.717, 1.165) is 35.8 Å². The van der Waals surface area contributed by atoms with Crippen molar-refractivity contribution < 1.29 is 0 Å². The van der Waals surface area contributed by atoms with Crippen molar-refractivity contribution in [2.75, 3.05) is 13.1 Å². The molecule has 0 bridgehead atoms. The molecule has 0 amide bonds. The summed E-state index contributed by atoms with van der Waals surface area (Å²) in [6, 6.07) is 7.91. The second-order valence-electron chi connectivity index (χ2n) is 4.87. The number of thiazole rings is 1. The highest BCUT2D eigenvalue weighted by Gasteiger charge is 2.09. The highest BCUT2D eigenvalue weighted by Crippen LogP contribution is 2.28. The summed E-state index contributed by atoms with van der Waals surface area (Å²) >= 11 is 7.72. The standard InChI is InChI=1S/C16H21ClN2S/c1-3-4-10-18-11-9-15-19-16(12(2)20-15)13-5-7-14(17)8-6-13/h5-8,18H,3-4,9-11H2,1-2H3. The average Bonchev–Trinajstić information content (AvgIpc) is 2.81. The minimum atomic E-state index is 0.766. The molecular formula is C16H21ClN2S. The van der Waals surface area contributed by atoms with Crippen LogP contribution in [0.25, 0.3) is 11.3 Å². The molecule has 108 valence electrons. The van der Waals surface area contributed by atoms with Gasteiger partial charge in [0.25, 0.3) is 0 Å². The van der Waals surface area contributed by atoms with Crippen molar-refractivity contribution in [3.63, 3.8) is 0 Å². The molecule has 0 unspecified atom stereocenters. The van der Waals surface area contributed by atoms with Gasteiger partial charge in [0.15, 0.2) is 0 Å². The summed E-state index contributed by atoms with van der Waals surface area (Å²) in [7, 11) is 0. The van der Waals surface area contributed by atoms with Gasteiger partial charge in [-0.15, -0.1) is 11.3 Å². The van der Waals surface area contributed by atoms with Crippen LogP contribution in [0, 0.1) is 6.92 Å². The number of benzene rings is 1. The predicted molar refractivity (Wildman–Crippen MR) is 88.8 cm³/mol. The minimum Gasteiger partial charge on any atom is -0.316 e. The summed E-state index contributed by atoms with van der Waals surface area (Å²) in [5, 5.41) is 5.43. The maximum absolute atomic E-state index is 5.93. The van der Waals surface area contributed by atoms with Crippen molar-refractivity contribution in [1.82, 2.24) is 10.3 Å². The van der Waals surface area contributed by atoms with Crippen LogP contribution >= 0.6 is 22.9 Å². The molecule has 0 saturated carbocycles. The molecule has 0 atom stereocenters. The van der Waals surface area contributed by atoms with Crippen LogP contribution in [0.4, 0.5) is 0 Å². The van der Waals surface area contributed by atoms with Crippen LogP contribution < -0.4 is 5.32 Å². The fourth-order valence-electron chi connectivity index (χ4n) is 2.06. The number of nitrogens with zero attached hydrogens (tertiary/aromatic N) is 1. The first-order valence-corrected chi connectivity index (χ1v) is 8.33. The van der Waals surface area contributed by atoms with Gasteiger partial charge in [-0.05, 0) is 32.0 Å². The largest absolute Gasteiger partial charge is 0.316 e. The van der Waals surface area contributed by atoms with Crippen LogP contribution in [-0.2, 0) is 6.42 Å². The molecule has 0 aliphatic heterocycles. The van der Waals surface area contributed by atoms with Crippen LogP contribution in [-0.4, -0.2) is 18.1 Å². The number of hydrogen-bond donors (Lipinski definition) is 1. The fraction of sp³-hybridized carbons (Fsp3) is 0.438. The molecule has 1 aromatic carbocycles. The zero-order valence-corrected chi connectivity index (χ0v) is 13.7. The summed E-state index contributed by atoms with van der Waals surface area (Å²) in [5.74, 6) is 0. The lowest BCUT2D eigenvalue weighted by Crippen LogP contribution is -2.18. The van der Waals surface area contributed by atoms with E-state index in [9.17, 15) is 0 Å². The maximum atomic E-state index is 5.93. The first kappa shape index (κ1) is 15.5. The van der Waals surface area contributed by atoms with Gasteiger partial charge in [-0.3, -0.25) is 0 Å². The Morgan fingerprint density at radius 2 is 1.95 bits per heavy atom. The van der Waals surface area contributed by atoms with E-state index < -0.39 is 0 Å². The molecule has 4 heteroatoms. The lowest BCUT2D eigenvalue weighted by atomic mass is 10.1. The van der Waals surface area contributed by atoms with E-state index >= 15 is 0 Å². The predicted octanol–water partition coefficient (Wildman–Crippen LogP) is 4.70. The van der Waals surface area contributed by atoms with Crippen molar-refractivity contribution in [1.29, 1.82) is 0 Å². The van der Waals surface area contributed by atoms with Gasteiger partial charge in [-0.1, -0.05) is 37.1 Å². The fourth-order valence-corrected chi connectivity index (χ4v) is 3.14. The van der Waals surface area contributed by atoms with Crippen LogP contribution in [0.2, 0.25) is 5.02 Å². The van der Waals surface area contributed by atoms with E-state index in [4.69, 9.17) is 16.6 Å². The monoisotopic (exact) mass is 308 g/mol. The van der Waals surface area contributed by atoms with Gasteiger partial charge in [0, 0.05) is 28.4 Å². The van der Waals surface area contributed by atoms with Crippen molar-refractivity contribution in [3.8, 4) is 11.3 Å². The highest BCUT2D eigenvalue weighted by atomic mass is 35.5. The summed E-state index contributed by atoms with van der Waals surface area (Å²) in [6.07, 6.45) is 3.49. The van der Waals surface area contributed by atoms with E-state index in [0.29, 0.717) is 0 Å². The highest BCUT2D eigenvalue weighted by molar-refractivity contribution is 7.12. The molecule has 2 aromatic rings. The van der Waals surface area contributed by atoms with Crippen molar-refractivity contribution >= 4 is 22.9 Å². The SMILES string of the molecule is CCCCNCCc1nc(-c2ccc(Cl)cc2)c(C)s1. The molecule has 1 aromatic heterocycles. The third-order valence-corrected chi connectivity index (χ3v) is 4.46. The van der Waals surface area contributed by atoms with E-state index in [1.807, 2.05) is 24.3 Å². The Labute approximate surface area is 130 Å². The second kappa shape index (κ2) is 7.77. The maximum Gasteiger partial charge on any atom is 0.0948 e. The van der Waals surface area contributed by atoms with Gasteiger partial charge in [-0.25, -0.2) is 4.98 Å². The molecule has 2 rings (SSSR count). The molecule has 0 aliphatic carbocycles. The summed E-state index contributed by atoms with van der Waals surface area (Å²) in [6.45, 7) is 6.46. The summed E-state index contributed by atoms with van der Waals surface area (Å²) in [4.78, 5) is 6.04. The summed E-state index contributed by atoms with van der Waals surface area (Å²) < 4.78 is 0. The minimum absolute atomic E-state index is 0.766. The summed E-state index contributed by atoms with van der Waals surface area (Å²) in [5.41, 5.74) is 2.24. The average molecular weight is 309 g/mol. The van der Waals surface area contributed by atoms with Crippen molar-refractivity contribution in [2.45, 2.75) is 33.1 Å². The van der Waals surface area contributed by atoms with Crippen LogP contribution in [0.3, 0.4) is 0 Å². The molecule has 1 heterocycles. The topological polar surface area (TPSA) is 24.9 Å². The lowest BCUT2D eigenvalue weighted by molar-refractivity contribution is 0.639. The number of unbranched alkanes of at least 4 members (excludes halogenated alkanes) is 1. The van der Waals surface area contributed by atoms with Gasteiger partial charge in [0.2, 0.25) is 0 Å². The van der Waals surface area contributed by atoms with Crippen LogP contribution in [0.15, 0.2) is 24.3 Å². The Hall–Kier alpha value is -0.900. The molecule has 0 radical (unpaired) electrons. The van der Waals surface area contributed by atoms with Gasteiger partial charge < -0.3 is 5.32 Å². The van der Waals surface area contributed by atoms with Gasteiger partial charge in [-0.2, -0.15) is 0 Å². The molecule has 0 spiro atoms. The molecular weight excluding hydrogens is 288 g/mol. The molecule has 20 heavy (non-hydrogen) atoms. The smallest absolute Gasteiger partial charge is 0.0948 e. The zero-order valence-electron chi connectivity index (χ0n) is 12.1. The van der Waals surface area contributed by atoms with Crippen LogP contribution in [0.5, 0.6) is 0 Å². The Kier molecular flexibility index (Phi) is 6.02. The first-order valence-electron chi connectivity index (χ1n) is 7.13. The van der Waals surface area contributed by atoms with E-state index in [-0.39, 0.29) is 0 Å². The molecule has 1 N–H and O–H groups in total. The number of nitrogens with one attached hydrogen (secondary N) is 1. The van der Waals surface area contributed by atoms with Crippen molar-refractivity contribution in [2.24, 2.45) is 0 Å². The number of aromatic nitrogens is 1. The third kappa shape index (κ3) is 4.30. The van der Waals surface area contributed by atoms with E-state index in [2.05, 4.69) is 19.2 Å². The Bertz CT molecular complexity index is 534. The normalized spacial score (nSPS) is 10.9. The van der Waals surface area contributed by atoms with Gasteiger partial charge >= 0.3 is 0 Å². The molecule has 0 fully saturated rings. The van der Waals surface area contributed by atoms with Gasteiger partial charge in [0.05, 0.1) is 10.7 Å². The Balaban J connectivity index is 1.97. The first-order chi connectivity index (χ1) is 9.70. The molecule has 0 aliphatic rings.